The minimum Gasteiger partial charge on any atom is -0.325 e. The molecule has 3 heteroatoms. The van der Waals surface area contributed by atoms with Crippen molar-refractivity contribution >= 4 is 11.7 Å². The molecule has 19 heavy (non-hydrogen) atoms. The van der Waals surface area contributed by atoms with Crippen LogP contribution < -0.4 is 5.32 Å². The number of amides is 2. The number of benzene rings is 1. The molecule has 0 aliphatic carbocycles. The van der Waals surface area contributed by atoms with Crippen LogP contribution in [0, 0.1) is 5.92 Å². The molecule has 2 amide bonds. The lowest BCUT2D eigenvalue weighted by Gasteiger charge is -2.30. The van der Waals surface area contributed by atoms with Crippen molar-refractivity contribution in [1.29, 1.82) is 0 Å². The highest BCUT2D eigenvalue weighted by molar-refractivity contribution is 5.89. The average Bonchev–Trinajstić information content (AvgIpc) is 2.42. The van der Waals surface area contributed by atoms with E-state index >= 15 is 0 Å². The van der Waals surface area contributed by atoms with Gasteiger partial charge in [0.1, 0.15) is 0 Å². The topological polar surface area (TPSA) is 32.3 Å². The first-order valence-electron chi connectivity index (χ1n) is 7.34. The van der Waals surface area contributed by atoms with E-state index in [1.165, 1.54) is 5.56 Å². The number of carbonyl (C=O) groups is 1. The zero-order valence-electron chi connectivity index (χ0n) is 12.0. The lowest BCUT2D eigenvalue weighted by Crippen LogP contribution is -2.40. The van der Waals surface area contributed by atoms with E-state index in [0.717, 1.165) is 50.4 Å². The number of nitrogens with one attached hydrogen (secondary N) is 1. The van der Waals surface area contributed by atoms with E-state index in [9.17, 15) is 4.79 Å². The van der Waals surface area contributed by atoms with Crippen LogP contribution in [0.3, 0.4) is 0 Å². The number of hydrogen-bond acceptors (Lipinski definition) is 1. The molecule has 2 rings (SSSR count). The summed E-state index contributed by atoms with van der Waals surface area (Å²) in [6.45, 7) is 6.18. The molecule has 1 N–H and O–H groups in total. The number of aryl methyl sites for hydroxylation is 1. The number of likely N-dealkylation sites (tertiary alicyclic amines) is 1. The standard InChI is InChI=1S/C16H24N2O/c1-3-4-14-5-7-15(8-6-14)17-16(19)18-11-9-13(2)10-12-18/h5-8,13H,3-4,9-12H2,1-2H3,(H,17,19). The van der Waals surface area contributed by atoms with Crippen LogP contribution >= 0.6 is 0 Å². The van der Waals surface area contributed by atoms with E-state index in [1.54, 1.807) is 0 Å². The Labute approximate surface area is 116 Å². The number of anilines is 1. The molecule has 0 bridgehead atoms. The van der Waals surface area contributed by atoms with Gasteiger partial charge in [0.15, 0.2) is 0 Å². The Balaban J connectivity index is 1.88. The van der Waals surface area contributed by atoms with Gasteiger partial charge in [-0.05, 0) is 42.9 Å². The van der Waals surface area contributed by atoms with Crippen molar-refractivity contribution in [2.75, 3.05) is 18.4 Å². The maximum atomic E-state index is 12.1. The predicted molar refractivity (Wildman–Crippen MR) is 79.4 cm³/mol. The van der Waals surface area contributed by atoms with Crippen molar-refractivity contribution in [2.45, 2.75) is 39.5 Å². The summed E-state index contributed by atoms with van der Waals surface area (Å²) in [6.07, 6.45) is 4.47. The summed E-state index contributed by atoms with van der Waals surface area (Å²) in [5, 5.41) is 2.98. The monoisotopic (exact) mass is 260 g/mol. The first-order valence-corrected chi connectivity index (χ1v) is 7.34. The van der Waals surface area contributed by atoms with E-state index < -0.39 is 0 Å². The van der Waals surface area contributed by atoms with E-state index in [4.69, 9.17) is 0 Å². The zero-order valence-corrected chi connectivity index (χ0v) is 12.0. The van der Waals surface area contributed by atoms with Gasteiger partial charge in [0.05, 0.1) is 0 Å². The van der Waals surface area contributed by atoms with Gasteiger partial charge in [-0.25, -0.2) is 4.79 Å². The fourth-order valence-electron chi connectivity index (χ4n) is 2.46. The molecular weight excluding hydrogens is 236 g/mol. The third-order valence-electron chi connectivity index (χ3n) is 3.81. The molecule has 0 radical (unpaired) electrons. The van der Waals surface area contributed by atoms with Crippen LogP contribution in [0.5, 0.6) is 0 Å². The number of carbonyl (C=O) groups excluding carboxylic acids is 1. The highest BCUT2D eigenvalue weighted by atomic mass is 16.2. The Morgan fingerprint density at radius 1 is 1.26 bits per heavy atom. The van der Waals surface area contributed by atoms with Gasteiger partial charge in [0, 0.05) is 18.8 Å². The van der Waals surface area contributed by atoms with Crippen molar-refractivity contribution in [3.8, 4) is 0 Å². The van der Waals surface area contributed by atoms with Gasteiger partial charge in [0.25, 0.3) is 0 Å². The largest absolute Gasteiger partial charge is 0.325 e. The summed E-state index contributed by atoms with van der Waals surface area (Å²) >= 11 is 0. The molecule has 1 aromatic carbocycles. The van der Waals surface area contributed by atoms with Gasteiger partial charge < -0.3 is 10.2 Å². The van der Waals surface area contributed by atoms with Crippen LogP contribution in [-0.4, -0.2) is 24.0 Å². The van der Waals surface area contributed by atoms with Crippen molar-refractivity contribution in [1.82, 2.24) is 4.90 Å². The number of hydrogen-bond donors (Lipinski definition) is 1. The highest BCUT2D eigenvalue weighted by Crippen LogP contribution is 2.17. The van der Waals surface area contributed by atoms with Gasteiger partial charge in [0.2, 0.25) is 0 Å². The summed E-state index contributed by atoms with van der Waals surface area (Å²) in [6, 6.07) is 8.22. The molecule has 1 fully saturated rings. The predicted octanol–water partition coefficient (Wildman–Crippen LogP) is 3.90. The molecule has 0 spiro atoms. The number of urea groups is 1. The quantitative estimate of drug-likeness (QED) is 0.878. The van der Waals surface area contributed by atoms with Gasteiger partial charge >= 0.3 is 6.03 Å². The van der Waals surface area contributed by atoms with Gasteiger partial charge in [-0.2, -0.15) is 0 Å². The third-order valence-corrected chi connectivity index (χ3v) is 3.81. The molecular formula is C16H24N2O. The van der Waals surface area contributed by atoms with Crippen LogP contribution in [0.15, 0.2) is 24.3 Å². The Kier molecular flexibility index (Phi) is 4.83. The van der Waals surface area contributed by atoms with Crippen molar-refractivity contribution in [3.05, 3.63) is 29.8 Å². The lowest BCUT2D eigenvalue weighted by molar-refractivity contribution is 0.186. The van der Waals surface area contributed by atoms with Crippen molar-refractivity contribution in [3.63, 3.8) is 0 Å². The van der Waals surface area contributed by atoms with Crippen LogP contribution in [0.1, 0.15) is 38.7 Å². The molecule has 1 saturated heterocycles. The first kappa shape index (κ1) is 13.9. The van der Waals surface area contributed by atoms with E-state index in [2.05, 4.69) is 31.3 Å². The summed E-state index contributed by atoms with van der Waals surface area (Å²) in [7, 11) is 0. The second-order valence-corrected chi connectivity index (χ2v) is 5.55. The summed E-state index contributed by atoms with van der Waals surface area (Å²) in [5.74, 6) is 0.748. The van der Waals surface area contributed by atoms with Gasteiger partial charge in [-0.1, -0.05) is 32.4 Å². The first-order chi connectivity index (χ1) is 9.19. The van der Waals surface area contributed by atoms with E-state index in [-0.39, 0.29) is 6.03 Å². The molecule has 104 valence electrons. The molecule has 3 nitrogen and oxygen atoms in total. The minimum atomic E-state index is 0.0372. The van der Waals surface area contributed by atoms with E-state index in [0.29, 0.717) is 0 Å². The SMILES string of the molecule is CCCc1ccc(NC(=O)N2CCC(C)CC2)cc1. The fraction of sp³-hybridized carbons (Fsp3) is 0.562. The second-order valence-electron chi connectivity index (χ2n) is 5.55. The van der Waals surface area contributed by atoms with Crippen LogP contribution in [0.25, 0.3) is 0 Å². The molecule has 0 aromatic heterocycles. The normalized spacial score (nSPS) is 16.4. The van der Waals surface area contributed by atoms with Gasteiger partial charge in [-0.3, -0.25) is 0 Å². The summed E-state index contributed by atoms with van der Waals surface area (Å²) < 4.78 is 0. The number of nitrogens with zero attached hydrogens (tertiary/aromatic N) is 1. The maximum Gasteiger partial charge on any atom is 0.321 e. The lowest BCUT2D eigenvalue weighted by atomic mass is 10.00. The van der Waals surface area contributed by atoms with Crippen molar-refractivity contribution < 1.29 is 4.79 Å². The third kappa shape index (κ3) is 3.98. The molecule has 0 saturated carbocycles. The Morgan fingerprint density at radius 2 is 1.89 bits per heavy atom. The van der Waals surface area contributed by atoms with Gasteiger partial charge in [-0.15, -0.1) is 0 Å². The Hall–Kier alpha value is -1.51. The van der Waals surface area contributed by atoms with Crippen LogP contribution in [0.2, 0.25) is 0 Å². The average molecular weight is 260 g/mol. The molecule has 0 unspecified atom stereocenters. The molecule has 1 heterocycles. The fourth-order valence-corrected chi connectivity index (χ4v) is 2.46. The summed E-state index contributed by atoms with van der Waals surface area (Å²) in [5.41, 5.74) is 2.22. The molecule has 1 aromatic rings. The molecule has 1 aliphatic heterocycles. The molecule has 0 atom stereocenters. The Morgan fingerprint density at radius 3 is 2.47 bits per heavy atom. The number of rotatable bonds is 3. The molecule has 1 aliphatic rings. The van der Waals surface area contributed by atoms with E-state index in [1.807, 2.05) is 17.0 Å². The Bertz CT molecular complexity index is 405. The minimum absolute atomic E-state index is 0.0372. The van der Waals surface area contributed by atoms with Crippen molar-refractivity contribution in [2.24, 2.45) is 5.92 Å². The summed E-state index contributed by atoms with van der Waals surface area (Å²) in [4.78, 5) is 14.0. The maximum absolute atomic E-state index is 12.1. The zero-order chi connectivity index (χ0) is 13.7. The highest BCUT2D eigenvalue weighted by Gasteiger charge is 2.19. The van der Waals surface area contributed by atoms with Crippen LogP contribution in [-0.2, 0) is 6.42 Å². The second kappa shape index (κ2) is 6.60. The smallest absolute Gasteiger partial charge is 0.321 e. The van der Waals surface area contributed by atoms with Crippen LogP contribution in [0.4, 0.5) is 10.5 Å². The number of piperidine rings is 1.